The standard InChI is InChI=1S/C20H20F4N4O6S/c1-3-34-20(31)27-6-10(9-29)14(8-27)28(35(32)33)15-7-26(2)18(17(15)24)19(30)25-11-4-12(21)16(23)13(22)5-11/h4-5,7,9-10,14H,3,6,8H2,1-2H3,(H,25,30)(H,32,33)/p-1. The van der Waals surface area contributed by atoms with Crippen LogP contribution in [0.2, 0.25) is 0 Å². The minimum atomic E-state index is -3.14. The molecule has 15 heteroatoms. The molecule has 0 saturated carbocycles. The molecule has 1 saturated heterocycles. The minimum Gasteiger partial charge on any atom is -0.755 e. The van der Waals surface area contributed by atoms with Crippen molar-refractivity contribution < 1.29 is 45.4 Å². The van der Waals surface area contributed by atoms with Crippen molar-refractivity contribution in [2.45, 2.75) is 13.0 Å². The Labute approximate surface area is 198 Å². The Kier molecular flexibility index (Phi) is 7.80. The van der Waals surface area contributed by atoms with Crippen molar-refractivity contribution >= 4 is 40.9 Å². The number of rotatable bonds is 7. The van der Waals surface area contributed by atoms with E-state index in [9.17, 15) is 36.3 Å². The fourth-order valence-corrected chi connectivity index (χ4v) is 4.47. The molecule has 3 unspecified atom stereocenters. The smallest absolute Gasteiger partial charge is 0.409 e. The first-order valence-corrected chi connectivity index (χ1v) is 11.1. The normalized spacial score (nSPS) is 18.3. The summed E-state index contributed by atoms with van der Waals surface area (Å²) in [5.74, 6) is -8.51. The van der Waals surface area contributed by atoms with Gasteiger partial charge in [0.15, 0.2) is 23.3 Å². The van der Waals surface area contributed by atoms with Gasteiger partial charge in [-0.2, -0.15) is 0 Å². The molecule has 0 bridgehead atoms. The minimum absolute atomic E-state index is 0.0383. The Hall–Kier alpha value is -3.46. The lowest BCUT2D eigenvalue weighted by Gasteiger charge is -2.32. The van der Waals surface area contributed by atoms with E-state index in [0.717, 1.165) is 15.7 Å². The summed E-state index contributed by atoms with van der Waals surface area (Å²) in [5.41, 5.74) is -1.84. The number of ether oxygens (including phenoxy) is 1. The van der Waals surface area contributed by atoms with Gasteiger partial charge in [-0.15, -0.1) is 0 Å². The van der Waals surface area contributed by atoms with Crippen LogP contribution in [0.1, 0.15) is 17.4 Å². The second-order valence-corrected chi connectivity index (χ2v) is 8.34. The van der Waals surface area contributed by atoms with Gasteiger partial charge in [0.05, 0.1) is 18.6 Å². The lowest BCUT2D eigenvalue weighted by molar-refractivity contribution is -0.110. The van der Waals surface area contributed by atoms with Gasteiger partial charge in [0, 0.05) is 55.4 Å². The number of likely N-dealkylation sites (tertiary alicyclic amines) is 1. The molecule has 0 spiro atoms. The van der Waals surface area contributed by atoms with Crippen molar-refractivity contribution in [2.24, 2.45) is 13.0 Å². The lowest BCUT2D eigenvalue weighted by Crippen LogP contribution is -2.43. The van der Waals surface area contributed by atoms with Crippen LogP contribution >= 0.6 is 0 Å². The van der Waals surface area contributed by atoms with Crippen molar-refractivity contribution in [3.05, 3.63) is 47.3 Å². The molecule has 0 aliphatic carbocycles. The number of carbonyl (C=O) groups is 3. The number of anilines is 2. The number of benzene rings is 1. The van der Waals surface area contributed by atoms with Crippen LogP contribution in [0.5, 0.6) is 0 Å². The number of aromatic nitrogens is 1. The second-order valence-electron chi connectivity index (χ2n) is 7.51. The molecular weight excluding hydrogens is 500 g/mol. The molecule has 2 amide bonds. The van der Waals surface area contributed by atoms with Crippen LogP contribution in [0.15, 0.2) is 18.3 Å². The molecule has 1 fully saturated rings. The summed E-state index contributed by atoms with van der Waals surface area (Å²) in [6.07, 6.45) is 0.599. The third-order valence-electron chi connectivity index (χ3n) is 5.29. The summed E-state index contributed by atoms with van der Waals surface area (Å²) in [6, 6.07) is -0.244. The Balaban J connectivity index is 1.94. The Morgan fingerprint density at radius 1 is 1.23 bits per heavy atom. The zero-order valence-corrected chi connectivity index (χ0v) is 19.1. The van der Waals surface area contributed by atoms with Crippen LogP contribution in [0.4, 0.5) is 33.7 Å². The van der Waals surface area contributed by atoms with E-state index in [-0.39, 0.29) is 19.7 Å². The molecule has 1 aliphatic heterocycles. The Morgan fingerprint density at radius 2 is 1.86 bits per heavy atom. The second kappa shape index (κ2) is 10.4. The third-order valence-corrected chi connectivity index (χ3v) is 6.08. The van der Waals surface area contributed by atoms with E-state index in [1.165, 1.54) is 7.05 Å². The van der Waals surface area contributed by atoms with Gasteiger partial charge >= 0.3 is 6.09 Å². The summed E-state index contributed by atoms with van der Waals surface area (Å²) < 4.78 is 85.8. The fraction of sp³-hybridized carbons (Fsp3) is 0.350. The lowest BCUT2D eigenvalue weighted by atomic mass is 10.1. The average molecular weight is 519 g/mol. The third kappa shape index (κ3) is 5.14. The molecule has 2 aromatic rings. The highest BCUT2D eigenvalue weighted by molar-refractivity contribution is 7.80. The first kappa shape index (κ1) is 26.2. The highest BCUT2D eigenvalue weighted by atomic mass is 32.2. The molecule has 10 nitrogen and oxygen atoms in total. The summed E-state index contributed by atoms with van der Waals surface area (Å²) in [4.78, 5) is 37.3. The summed E-state index contributed by atoms with van der Waals surface area (Å²) in [5, 5.41) is 2.01. The molecule has 1 aliphatic rings. The van der Waals surface area contributed by atoms with E-state index in [1.54, 1.807) is 6.92 Å². The van der Waals surface area contributed by atoms with Gasteiger partial charge in [-0.3, -0.25) is 13.3 Å². The first-order valence-electron chi connectivity index (χ1n) is 10.1. The molecule has 1 aromatic carbocycles. The predicted octanol–water partition coefficient (Wildman–Crippen LogP) is 2.09. The highest BCUT2D eigenvalue weighted by Crippen LogP contribution is 2.32. The number of aryl methyl sites for hydroxylation is 1. The number of amides is 2. The zero-order valence-electron chi connectivity index (χ0n) is 18.3. The van der Waals surface area contributed by atoms with E-state index in [1.807, 2.05) is 5.32 Å². The molecule has 35 heavy (non-hydrogen) atoms. The van der Waals surface area contributed by atoms with E-state index in [4.69, 9.17) is 4.74 Å². The van der Waals surface area contributed by atoms with Crippen LogP contribution in [0.3, 0.4) is 0 Å². The maximum atomic E-state index is 15.3. The van der Waals surface area contributed by atoms with Crippen LogP contribution < -0.4 is 9.62 Å². The number of hydrogen-bond donors (Lipinski definition) is 1. The van der Waals surface area contributed by atoms with Gasteiger partial charge < -0.3 is 28.9 Å². The summed E-state index contributed by atoms with van der Waals surface area (Å²) >= 11 is -3.14. The van der Waals surface area contributed by atoms with Gasteiger partial charge in [0.2, 0.25) is 0 Å². The predicted molar refractivity (Wildman–Crippen MR) is 113 cm³/mol. The monoisotopic (exact) mass is 519 g/mol. The van der Waals surface area contributed by atoms with Crippen LogP contribution in [-0.2, 0) is 27.8 Å². The first-order chi connectivity index (χ1) is 16.5. The number of hydrogen-bond acceptors (Lipinski definition) is 6. The molecular formula is C20H19F4N4O6S-. The summed E-state index contributed by atoms with van der Waals surface area (Å²) in [7, 11) is 1.20. The zero-order chi connectivity index (χ0) is 26.0. The largest absolute Gasteiger partial charge is 0.755 e. The average Bonchev–Trinajstić information content (AvgIpc) is 3.33. The van der Waals surface area contributed by atoms with E-state index >= 15 is 4.39 Å². The SMILES string of the molecule is CCOC(=O)N1CC(C=O)C(N(c2cn(C)c(C(=O)Nc3cc(F)c(F)c(F)c3)c2F)S(=O)[O-])C1. The number of aldehydes is 1. The van der Waals surface area contributed by atoms with Crippen LogP contribution in [-0.4, -0.2) is 62.3 Å². The van der Waals surface area contributed by atoms with Crippen molar-refractivity contribution in [1.82, 2.24) is 9.47 Å². The number of carbonyl (C=O) groups excluding carboxylic acids is 3. The van der Waals surface area contributed by atoms with Crippen molar-refractivity contribution in [2.75, 3.05) is 29.3 Å². The van der Waals surface area contributed by atoms with E-state index in [0.29, 0.717) is 22.7 Å². The maximum Gasteiger partial charge on any atom is 0.409 e. The number of halogens is 4. The summed E-state index contributed by atoms with van der Waals surface area (Å²) in [6.45, 7) is 1.13. The molecule has 3 rings (SSSR count). The molecule has 0 radical (unpaired) electrons. The van der Waals surface area contributed by atoms with Crippen molar-refractivity contribution in [3.8, 4) is 0 Å². The topological polar surface area (TPSA) is 124 Å². The Morgan fingerprint density at radius 3 is 2.40 bits per heavy atom. The number of nitrogens with one attached hydrogen (secondary N) is 1. The fourth-order valence-electron chi connectivity index (χ4n) is 3.74. The molecule has 3 atom stereocenters. The molecule has 190 valence electrons. The number of nitrogens with zero attached hydrogens (tertiary/aromatic N) is 3. The molecule has 1 N–H and O–H groups in total. The van der Waals surface area contributed by atoms with Gasteiger partial charge in [0.1, 0.15) is 17.7 Å². The molecule has 2 heterocycles. The van der Waals surface area contributed by atoms with Crippen LogP contribution in [0.25, 0.3) is 0 Å². The van der Waals surface area contributed by atoms with E-state index in [2.05, 4.69) is 0 Å². The quantitative estimate of drug-likeness (QED) is 0.259. The van der Waals surface area contributed by atoms with Crippen molar-refractivity contribution in [3.63, 3.8) is 0 Å². The highest BCUT2D eigenvalue weighted by Gasteiger charge is 2.42. The van der Waals surface area contributed by atoms with Gasteiger partial charge in [-0.05, 0) is 6.92 Å². The van der Waals surface area contributed by atoms with E-state index < -0.39 is 75.6 Å². The Bertz CT molecular complexity index is 1170. The van der Waals surface area contributed by atoms with Gasteiger partial charge in [-0.1, -0.05) is 0 Å². The van der Waals surface area contributed by atoms with Gasteiger partial charge in [0.25, 0.3) is 5.91 Å². The maximum absolute atomic E-state index is 15.3. The van der Waals surface area contributed by atoms with Gasteiger partial charge in [-0.25, -0.2) is 22.4 Å². The van der Waals surface area contributed by atoms with Crippen LogP contribution in [0, 0.1) is 29.2 Å². The molecule has 1 aromatic heterocycles. The van der Waals surface area contributed by atoms with Crippen molar-refractivity contribution in [1.29, 1.82) is 0 Å².